The Bertz CT molecular complexity index is 931. The van der Waals surface area contributed by atoms with Gasteiger partial charge in [-0.1, -0.05) is 36.4 Å². The summed E-state index contributed by atoms with van der Waals surface area (Å²) >= 11 is 0. The topological polar surface area (TPSA) is 110 Å². The number of carbonyl (C=O) groups is 1. The van der Waals surface area contributed by atoms with Crippen molar-refractivity contribution in [1.82, 2.24) is 10.0 Å². The van der Waals surface area contributed by atoms with Crippen LogP contribution in [0, 0.1) is 20.2 Å². The fraction of sp³-hybridized carbons (Fsp3) is 0.435. The van der Waals surface area contributed by atoms with Crippen LogP contribution >= 0.6 is 0 Å². The van der Waals surface area contributed by atoms with Gasteiger partial charge < -0.3 is 0 Å². The zero-order valence-electron chi connectivity index (χ0n) is 17.8. The van der Waals surface area contributed by atoms with Gasteiger partial charge in [0, 0.05) is 11.1 Å². The van der Waals surface area contributed by atoms with Crippen LogP contribution in [-0.4, -0.2) is 52.0 Å². The van der Waals surface area contributed by atoms with Gasteiger partial charge in [-0.25, -0.2) is 20.2 Å². The maximum Gasteiger partial charge on any atom is 0.193 e. The third-order valence-corrected chi connectivity index (χ3v) is 6.65. The first-order chi connectivity index (χ1) is 15.4. The second-order valence-corrected chi connectivity index (χ2v) is 8.51. The third-order valence-electron chi connectivity index (χ3n) is 6.65. The molecule has 2 aromatic rings. The molecule has 9 nitrogen and oxygen atoms in total. The standard InChI is InChI=1S/C23H26N4O5/c28-23(21-5-1-3-19(15-21)17-7-11-24(12-8-17)26(29)30)22-6-2-4-20(16-22)18-9-13-25(14-10-18)27(31)32/h1-6,15-18H,7-14H2. The molecule has 0 saturated carbocycles. The van der Waals surface area contributed by atoms with Crippen LogP contribution in [0.15, 0.2) is 48.5 Å². The molecule has 2 fully saturated rings. The van der Waals surface area contributed by atoms with Gasteiger partial charge in [0.2, 0.25) is 0 Å². The van der Waals surface area contributed by atoms with Crippen molar-refractivity contribution in [3.8, 4) is 0 Å². The first-order valence-corrected chi connectivity index (χ1v) is 11.0. The molecule has 32 heavy (non-hydrogen) atoms. The van der Waals surface area contributed by atoms with Gasteiger partial charge in [0.1, 0.15) is 0 Å². The van der Waals surface area contributed by atoms with E-state index in [1.165, 1.54) is 10.0 Å². The highest BCUT2D eigenvalue weighted by atomic mass is 16.7. The molecule has 0 bridgehead atoms. The maximum absolute atomic E-state index is 13.2. The molecule has 0 atom stereocenters. The quantitative estimate of drug-likeness (QED) is 0.384. The van der Waals surface area contributed by atoms with Crippen LogP contribution in [0.25, 0.3) is 0 Å². The molecule has 0 N–H and O–H groups in total. The Morgan fingerprint density at radius 3 is 1.44 bits per heavy atom. The number of hydrogen-bond donors (Lipinski definition) is 0. The number of nitrogens with zero attached hydrogens (tertiary/aromatic N) is 4. The number of nitro groups is 2. The molecule has 4 rings (SSSR count). The SMILES string of the molecule is O=C(c1cccc(C2CCN([N+](=O)[O-])CC2)c1)c1cccc(C2CCN([N+](=O)[O-])CC2)c1. The van der Waals surface area contributed by atoms with Crippen molar-refractivity contribution in [3.63, 3.8) is 0 Å². The Morgan fingerprint density at radius 1 is 0.719 bits per heavy atom. The van der Waals surface area contributed by atoms with E-state index in [1.54, 1.807) is 12.1 Å². The summed E-state index contributed by atoms with van der Waals surface area (Å²) < 4.78 is 0. The number of benzene rings is 2. The number of piperidine rings is 2. The zero-order valence-corrected chi connectivity index (χ0v) is 17.8. The second-order valence-electron chi connectivity index (χ2n) is 8.51. The van der Waals surface area contributed by atoms with E-state index in [0.717, 1.165) is 11.1 Å². The van der Waals surface area contributed by atoms with Gasteiger partial charge in [0.15, 0.2) is 15.8 Å². The molecule has 2 aliphatic rings. The van der Waals surface area contributed by atoms with Crippen molar-refractivity contribution >= 4 is 5.78 Å². The molecular formula is C23H26N4O5. The van der Waals surface area contributed by atoms with Gasteiger partial charge in [0.25, 0.3) is 0 Å². The summed E-state index contributed by atoms with van der Waals surface area (Å²) in [4.78, 5) is 35.1. The van der Waals surface area contributed by atoms with Crippen molar-refractivity contribution in [2.75, 3.05) is 26.2 Å². The summed E-state index contributed by atoms with van der Waals surface area (Å²) in [5, 5.41) is 23.7. The van der Waals surface area contributed by atoms with Crippen LogP contribution in [0.3, 0.4) is 0 Å². The van der Waals surface area contributed by atoms with Gasteiger partial charge in [-0.2, -0.15) is 0 Å². The third kappa shape index (κ3) is 4.71. The minimum absolute atomic E-state index is 0.0563. The Balaban J connectivity index is 1.46. The molecule has 2 aromatic carbocycles. The number of hydrogen-bond acceptors (Lipinski definition) is 5. The lowest BCUT2D eigenvalue weighted by Crippen LogP contribution is -2.37. The monoisotopic (exact) mass is 438 g/mol. The van der Waals surface area contributed by atoms with Crippen molar-refractivity contribution < 1.29 is 14.9 Å². The Kier molecular flexibility index (Phi) is 6.34. The number of ketones is 1. The summed E-state index contributed by atoms with van der Waals surface area (Å²) in [6, 6.07) is 15.2. The molecule has 0 unspecified atom stereocenters. The normalized spacial score (nSPS) is 17.9. The van der Waals surface area contributed by atoms with E-state index in [9.17, 15) is 25.0 Å². The van der Waals surface area contributed by atoms with E-state index in [0.29, 0.717) is 63.0 Å². The summed E-state index contributed by atoms with van der Waals surface area (Å²) in [6.45, 7) is 1.64. The van der Waals surface area contributed by atoms with Crippen LogP contribution in [0.4, 0.5) is 0 Å². The molecule has 0 radical (unpaired) electrons. The highest BCUT2D eigenvalue weighted by molar-refractivity contribution is 6.09. The van der Waals surface area contributed by atoms with Crippen LogP contribution in [0.5, 0.6) is 0 Å². The molecule has 2 saturated heterocycles. The molecule has 168 valence electrons. The zero-order chi connectivity index (χ0) is 22.7. The Labute approximate surface area is 185 Å². The van der Waals surface area contributed by atoms with Gasteiger partial charge in [-0.15, -0.1) is 10.0 Å². The average Bonchev–Trinajstić information content (AvgIpc) is 2.84. The van der Waals surface area contributed by atoms with E-state index >= 15 is 0 Å². The fourth-order valence-electron chi connectivity index (χ4n) is 4.76. The molecule has 0 aliphatic carbocycles. The minimum Gasteiger partial charge on any atom is -0.289 e. The predicted molar refractivity (Wildman–Crippen MR) is 117 cm³/mol. The number of rotatable bonds is 6. The van der Waals surface area contributed by atoms with Crippen LogP contribution in [-0.2, 0) is 0 Å². The first-order valence-electron chi connectivity index (χ1n) is 11.0. The smallest absolute Gasteiger partial charge is 0.193 e. The lowest BCUT2D eigenvalue weighted by molar-refractivity contribution is -0.657. The van der Waals surface area contributed by atoms with E-state index in [1.807, 2.05) is 36.4 Å². The largest absolute Gasteiger partial charge is 0.289 e. The van der Waals surface area contributed by atoms with Gasteiger partial charge in [-0.3, -0.25) is 4.79 Å². The molecule has 0 spiro atoms. The maximum atomic E-state index is 13.2. The van der Waals surface area contributed by atoms with E-state index in [4.69, 9.17) is 0 Å². The average molecular weight is 438 g/mol. The van der Waals surface area contributed by atoms with Gasteiger partial charge >= 0.3 is 0 Å². The summed E-state index contributed by atoms with van der Waals surface area (Å²) in [7, 11) is 0. The number of carbonyl (C=O) groups excluding carboxylic acids is 1. The Hall–Kier alpha value is -3.49. The summed E-state index contributed by atoms with van der Waals surface area (Å²) in [6.07, 6.45) is 2.77. The molecular weight excluding hydrogens is 412 g/mol. The lowest BCUT2D eigenvalue weighted by atomic mass is 9.86. The summed E-state index contributed by atoms with van der Waals surface area (Å²) in [5.41, 5.74) is 3.31. The van der Waals surface area contributed by atoms with Crippen molar-refractivity contribution in [1.29, 1.82) is 0 Å². The predicted octanol–water partition coefficient (Wildman–Crippen LogP) is 3.66. The molecule has 9 heteroatoms. The van der Waals surface area contributed by atoms with Crippen LogP contribution in [0.2, 0.25) is 0 Å². The van der Waals surface area contributed by atoms with Crippen LogP contribution < -0.4 is 0 Å². The summed E-state index contributed by atoms with van der Waals surface area (Å²) in [5.74, 6) is 0.355. The van der Waals surface area contributed by atoms with Crippen molar-refractivity contribution in [2.45, 2.75) is 37.5 Å². The van der Waals surface area contributed by atoms with E-state index < -0.39 is 0 Å². The van der Waals surface area contributed by atoms with E-state index in [2.05, 4.69) is 0 Å². The molecule has 2 aliphatic heterocycles. The van der Waals surface area contributed by atoms with Gasteiger partial charge in [-0.05, 0) is 60.8 Å². The molecule has 0 aromatic heterocycles. The van der Waals surface area contributed by atoms with E-state index in [-0.39, 0.29) is 27.7 Å². The van der Waals surface area contributed by atoms with Crippen molar-refractivity contribution in [3.05, 3.63) is 91.0 Å². The highest BCUT2D eigenvalue weighted by Crippen LogP contribution is 2.31. The first kappa shape index (κ1) is 21.7. The highest BCUT2D eigenvalue weighted by Gasteiger charge is 2.27. The van der Waals surface area contributed by atoms with Crippen molar-refractivity contribution in [2.24, 2.45) is 0 Å². The number of hydrazine groups is 2. The molecule has 0 amide bonds. The Morgan fingerprint density at radius 2 is 1.09 bits per heavy atom. The molecule has 2 heterocycles. The van der Waals surface area contributed by atoms with Gasteiger partial charge in [0.05, 0.1) is 26.2 Å². The van der Waals surface area contributed by atoms with Crippen LogP contribution in [0.1, 0.15) is 64.6 Å². The lowest BCUT2D eigenvalue weighted by Gasteiger charge is -2.27. The minimum atomic E-state index is -0.343. The fourth-order valence-corrected chi connectivity index (χ4v) is 4.76. The second kappa shape index (κ2) is 9.33.